The highest BCUT2D eigenvalue weighted by atomic mass is 32.2. The molecule has 0 atom stereocenters. The largest absolute Gasteiger partial charge is 0.493 e. The van der Waals surface area contributed by atoms with Gasteiger partial charge in [0.15, 0.2) is 11.5 Å². The number of thioether (sulfide) groups is 1. The summed E-state index contributed by atoms with van der Waals surface area (Å²) in [5.74, 6) is 0.361. The lowest BCUT2D eigenvalue weighted by molar-refractivity contribution is -0.123. The number of imide groups is 1. The molecular weight excluding hydrogens is 477 g/mol. The van der Waals surface area contributed by atoms with Crippen LogP contribution in [0.4, 0.5) is 9.18 Å². The van der Waals surface area contributed by atoms with Gasteiger partial charge >= 0.3 is 0 Å². The van der Waals surface area contributed by atoms with Crippen molar-refractivity contribution in [1.82, 2.24) is 4.90 Å². The van der Waals surface area contributed by atoms with E-state index < -0.39 is 0 Å². The number of benzene rings is 4. The minimum atomic E-state index is -0.331. The first-order chi connectivity index (χ1) is 17.5. The van der Waals surface area contributed by atoms with Crippen LogP contribution < -0.4 is 9.47 Å². The molecule has 1 aliphatic heterocycles. The zero-order valence-corrected chi connectivity index (χ0v) is 20.3. The number of nitrogens with zero attached hydrogens (tertiary/aromatic N) is 1. The van der Waals surface area contributed by atoms with Gasteiger partial charge in [-0.05, 0) is 75.6 Å². The number of amides is 2. The van der Waals surface area contributed by atoms with Crippen molar-refractivity contribution in [1.29, 1.82) is 0 Å². The number of halogens is 1. The lowest BCUT2D eigenvalue weighted by atomic mass is 10.1. The second-order valence-electron chi connectivity index (χ2n) is 8.27. The molecule has 4 aromatic rings. The minimum Gasteiger partial charge on any atom is -0.493 e. The van der Waals surface area contributed by atoms with Crippen LogP contribution >= 0.6 is 11.8 Å². The number of ether oxygens (including phenoxy) is 2. The van der Waals surface area contributed by atoms with Gasteiger partial charge < -0.3 is 9.47 Å². The molecule has 0 aliphatic carbocycles. The average Bonchev–Trinajstić information content (AvgIpc) is 3.15. The van der Waals surface area contributed by atoms with Crippen LogP contribution in [-0.4, -0.2) is 23.2 Å². The molecule has 0 N–H and O–H groups in total. The number of carbonyl (C=O) groups is 2. The van der Waals surface area contributed by atoms with Crippen LogP contribution in [0.15, 0.2) is 89.8 Å². The van der Waals surface area contributed by atoms with E-state index in [1.807, 2.05) is 42.5 Å². The van der Waals surface area contributed by atoms with Crippen molar-refractivity contribution in [3.63, 3.8) is 0 Å². The molecule has 1 aliphatic rings. The Kier molecular flexibility index (Phi) is 6.73. The molecule has 0 saturated carbocycles. The Morgan fingerprint density at radius 2 is 1.61 bits per heavy atom. The summed E-state index contributed by atoms with van der Waals surface area (Å²) in [5, 5.41) is 1.86. The van der Waals surface area contributed by atoms with Gasteiger partial charge in [-0.1, -0.05) is 54.6 Å². The SMILES string of the molecule is COc1ccc(/C=C2\SC(=O)N(Cc3ccc4ccccc4c3)C2=O)cc1OCc1ccc(F)cc1. The Morgan fingerprint density at radius 3 is 2.39 bits per heavy atom. The fourth-order valence-corrected chi connectivity index (χ4v) is 4.78. The molecule has 1 heterocycles. The second-order valence-corrected chi connectivity index (χ2v) is 9.27. The van der Waals surface area contributed by atoms with Gasteiger partial charge in [0.05, 0.1) is 18.6 Å². The topological polar surface area (TPSA) is 55.8 Å². The van der Waals surface area contributed by atoms with Crippen LogP contribution in [0.2, 0.25) is 0 Å². The van der Waals surface area contributed by atoms with Crippen LogP contribution in [-0.2, 0) is 17.9 Å². The number of hydrogen-bond donors (Lipinski definition) is 0. The molecule has 180 valence electrons. The van der Waals surface area contributed by atoms with E-state index in [-0.39, 0.29) is 30.1 Å². The fourth-order valence-electron chi connectivity index (χ4n) is 3.94. The summed E-state index contributed by atoms with van der Waals surface area (Å²) in [7, 11) is 1.54. The molecule has 5 rings (SSSR count). The monoisotopic (exact) mass is 499 g/mol. The first-order valence-electron chi connectivity index (χ1n) is 11.3. The van der Waals surface area contributed by atoms with Crippen molar-refractivity contribution in [2.75, 3.05) is 7.11 Å². The summed E-state index contributed by atoms with van der Waals surface area (Å²) in [6, 6.07) is 25.2. The maximum atomic E-state index is 13.2. The summed E-state index contributed by atoms with van der Waals surface area (Å²) in [4.78, 5) is 27.3. The predicted octanol–water partition coefficient (Wildman–Crippen LogP) is 6.80. The van der Waals surface area contributed by atoms with Crippen LogP contribution in [0.1, 0.15) is 16.7 Å². The third-order valence-electron chi connectivity index (χ3n) is 5.82. The third-order valence-corrected chi connectivity index (χ3v) is 6.73. The van der Waals surface area contributed by atoms with Crippen molar-refractivity contribution < 1.29 is 23.5 Å². The first-order valence-corrected chi connectivity index (χ1v) is 12.1. The molecule has 0 unspecified atom stereocenters. The molecule has 0 radical (unpaired) electrons. The van der Waals surface area contributed by atoms with E-state index in [2.05, 4.69) is 0 Å². The van der Waals surface area contributed by atoms with E-state index in [4.69, 9.17) is 9.47 Å². The number of methoxy groups -OCH3 is 1. The highest BCUT2D eigenvalue weighted by Crippen LogP contribution is 2.35. The van der Waals surface area contributed by atoms with Gasteiger partial charge in [0.1, 0.15) is 12.4 Å². The zero-order chi connectivity index (χ0) is 25.1. The summed E-state index contributed by atoms with van der Waals surface area (Å²) >= 11 is 0.918. The number of rotatable bonds is 7. The Balaban J connectivity index is 1.33. The molecule has 1 saturated heterocycles. The van der Waals surface area contributed by atoms with Crippen molar-refractivity contribution in [3.05, 3.63) is 112 Å². The maximum Gasteiger partial charge on any atom is 0.293 e. The molecule has 4 aromatic carbocycles. The van der Waals surface area contributed by atoms with Crippen molar-refractivity contribution in [3.8, 4) is 11.5 Å². The van der Waals surface area contributed by atoms with Gasteiger partial charge in [0.25, 0.3) is 11.1 Å². The molecule has 7 heteroatoms. The van der Waals surface area contributed by atoms with Crippen LogP contribution in [0.5, 0.6) is 11.5 Å². The van der Waals surface area contributed by atoms with Gasteiger partial charge in [0.2, 0.25) is 0 Å². The number of fused-ring (bicyclic) bond motifs is 1. The second kappa shape index (κ2) is 10.3. The fraction of sp³-hybridized carbons (Fsp3) is 0.103. The van der Waals surface area contributed by atoms with E-state index in [1.165, 1.54) is 24.1 Å². The van der Waals surface area contributed by atoms with Crippen molar-refractivity contribution in [2.45, 2.75) is 13.2 Å². The van der Waals surface area contributed by atoms with Gasteiger partial charge in [-0.2, -0.15) is 0 Å². The van der Waals surface area contributed by atoms with Gasteiger partial charge in [-0.15, -0.1) is 0 Å². The van der Waals surface area contributed by atoms with Crippen molar-refractivity contribution >= 4 is 39.8 Å². The lowest BCUT2D eigenvalue weighted by Crippen LogP contribution is -2.27. The van der Waals surface area contributed by atoms with E-state index in [0.29, 0.717) is 22.0 Å². The summed E-state index contributed by atoms with van der Waals surface area (Å²) in [6.07, 6.45) is 1.68. The van der Waals surface area contributed by atoms with E-state index >= 15 is 0 Å². The predicted molar refractivity (Wildman–Crippen MR) is 139 cm³/mol. The average molecular weight is 500 g/mol. The number of hydrogen-bond acceptors (Lipinski definition) is 5. The molecule has 36 heavy (non-hydrogen) atoms. The van der Waals surface area contributed by atoms with Gasteiger partial charge in [-0.25, -0.2) is 4.39 Å². The molecule has 1 fully saturated rings. The molecule has 0 spiro atoms. The van der Waals surface area contributed by atoms with E-state index in [0.717, 1.165) is 33.7 Å². The molecule has 0 bridgehead atoms. The molecule has 0 aromatic heterocycles. The van der Waals surface area contributed by atoms with Crippen LogP contribution in [0.25, 0.3) is 16.8 Å². The smallest absolute Gasteiger partial charge is 0.293 e. The Morgan fingerprint density at radius 1 is 0.861 bits per heavy atom. The zero-order valence-electron chi connectivity index (χ0n) is 19.4. The molecular formula is C29H22FNO4S. The highest BCUT2D eigenvalue weighted by Gasteiger charge is 2.35. The van der Waals surface area contributed by atoms with E-state index in [9.17, 15) is 14.0 Å². The third kappa shape index (κ3) is 5.11. The molecule has 2 amide bonds. The Labute approximate surface area is 212 Å². The summed E-state index contributed by atoms with van der Waals surface area (Å²) < 4.78 is 24.4. The van der Waals surface area contributed by atoms with E-state index in [1.54, 1.807) is 36.4 Å². The maximum absolute atomic E-state index is 13.2. The number of carbonyl (C=O) groups excluding carboxylic acids is 2. The van der Waals surface area contributed by atoms with Gasteiger partial charge in [-0.3, -0.25) is 14.5 Å². The van der Waals surface area contributed by atoms with Crippen LogP contribution in [0, 0.1) is 5.82 Å². The Bertz CT molecular complexity index is 1480. The first kappa shape index (κ1) is 23.6. The summed E-state index contributed by atoms with van der Waals surface area (Å²) in [5.41, 5.74) is 2.39. The lowest BCUT2D eigenvalue weighted by Gasteiger charge is -2.13. The summed E-state index contributed by atoms with van der Waals surface area (Å²) in [6.45, 7) is 0.434. The Hall–Kier alpha value is -4.10. The molecule has 5 nitrogen and oxygen atoms in total. The minimum absolute atomic E-state index is 0.210. The van der Waals surface area contributed by atoms with Gasteiger partial charge in [0, 0.05) is 0 Å². The van der Waals surface area contributed by atoms with Crippen LogP contribution in [0.3, 0.4) is 0 Å². The quantitative estimate of drug-likeness (QED) is 0.262. The standard InChI is InChI=1S/C29H22FNO4S/c1-34-25-13-9-20(15-26(25)35-18-19-7-11-24(30)12-8-19)16-27-28(32)31(29(33)36-27)17-21-6-10-22-4-2-3-5-23(22)14-21/h2-16H,17-18H2,1H3/b27-16-. The normalized spacial score (nSPS) is 14.6. The highest BCUT2D eigenvalue weighted by molar-refractivity contribution is 8.18. The van der Waals surface area contributed by atoms with Crippen molar-refractivity contribution in [2.24, 2.45) is 0 Å².